The number of hydrazone groups is 1. The predicted octanol–water partition coefficient (Wildman–Crippen LogP) is 2.56. The number of hydrogen-bond acceptors (Lipinski definition) is 8. The van der Waals surface area contributed by atoms with Crippen molar-refractivity contribution in [1.82, 2.24) is 10.4 Å². The van der Waals surface area contributed by atoms with Gasteiger partial charge >= 0.3 is 0 Å². The standard InChI is InChI=1S/C20H21IN4O5/c1-12-5-14(10-27-2)15(8-22)20(24-12)30-11-18(26)25-23-9-13-6-16(21)19(29-4)17(7-13)28-3/h5-7,9H,10-11H2,1-4H3,(H,25,26)/b23-9-. The highest BCUT2D eigenvalue weighted by atomic mass is 127. The molecule has 0 aliphatic carbocycles. The molecule has 1 aromatic heterocycles. The summed E-state index contributed by atoms with van der Waals surface area (Å²) in [5, 5.41) is 13.3. The lowest BCUT2D eigenvalue weighted by molar-refractivity contribution is -0.123. The summed E-state index contributed by atoms with van der Waals surface area (Å²) in [6.07, 6.45) is 1.48. The number of nitriles is 1. The van der Waals surface area contributed by atoms with Gasteiger partial charge in [-0.15, -0.1) is 0 Å². The molecular weight excluding hydrogens is 503 g/mol. The van der Waals surface area contributed by atoms with E-state index in [-0.39, 0.29) is 24.7 Å². The number of aryl methyl sites for hydroxylation is 1. The van der Waals surface area contributed by atoms with Gasteiger partial charge in [-0.2, -0.15) is 10.4 Å². The van der Waals surface area contributed by atoms with E-state index in [1.54, 1.807) is 33.3 Å². The minimum absolute atomic E-state index is 0.0816. The zero-order chi connectivity index (χ0) is 22.1. The Hall–Kier alpha value is -2.91. The first-order valence-electron chi connectivity index (χ1n) is 8.69. The average Bonchev–Trinajstić information content (AvgIpc) is 2.71. The van der Waals surface area contributed by atoms with Crippen LogP contribution in [0.1, 0.15) is 22.4 Å². The van der Waals surface area contributed by atoms with Crippen LogP contribution in [0.25, 0.3) is 0 Å². The molecular formula is C20H21IN4O5. The number of carbonyl (C=O) groups excluding carboxylic acids is 1. The Morgan fingerprint density at radius 2 is 2.07 bits per heavy atom. The van der Waals surface area contributed by atoms with Crippen molar-refractivity contribution in [3.63, 3.8) is 0 Å². The van der Waals surface area contributed by atoms with Gasteiger partial charge in [0, 0.05) is 18.4 Å². The third kappa shape index (κ3) is 6.04. The Kier molecular flexibility index (Phi) is 8.82. The zero-order valence-corrected chi connectivity index (χ0v) is 19.1. The van der Waals surface area contributed by atoms with Crippen molar-refractivity contribution in [3.05, 3.63) is 44.2 Å². The molecule has 0 aliphatic rings. The van der Waals surface area contributed by atoms with E-state index in [4.69, 9.17) is 18.9 Å². The minimum atomic E-state index is -0.498. The topological polar surface area (TPSA) is 115 Å². The molecule has 0 spiro atoms. The van der Waals surface area contributed by atoms with Crippen LogP contribution in [0, 0.1) is 21.8 Å². The van der Waals surface area contributed by atoms with Crippen LogP contribution in [0.3, 0.4) is 0 Å². The van der Waals surface area contributed by atoms with Crippen LogP contribution in [0.5, 0.6) is 17.4 Å². The molecule has 30 heavy (non-hydrogen) atoms. The maximum absolute atomic E-state index is 12.1. The van der Waals surface area contributed by atoms with Crippen LogP contribution < -0.4 is 19.6 Å². The van der Waals surface area contributed by atoms with Gasteiger partial charge in [0.15, 0.2) is 18.1 Å². The normalized spacial score (nSPS) is 10.5. The lowest BCUT2D eigenvalue weighted by atomic mass is 10.1. The first-order valence-corrected chi connectivity index (χ1v) is 9.77. The molecule has 2 aromatic rings. The van der Waals surface area contributed by atoms with Crippen LogP contribution in [0.2, 0.25) is 0 Å². The van der Waals surface area contributed by atoms with E-state index in [0.29, 0.717) is 22.8 Å². The summed E-state index contributed by atoms with van der Waals surface area (Å²) >= 11 is 2.12. The quantitative estimate of drug-likeness (QED) is 0.305. The number of carbonyl (C=O) groups is 1. The second-order valence-electron chi connectivity index (χ2n) is 5.97. The number of methoxy groups -OCH3 is 3. The summed E-state index contributed by atoms with van der Waals surface area (Å²) in [5.74, 6) is 0.765. The molecule has 1 aromatic carbocycles. The molecule has 10 heteroatoms. The molecule has 9 nitrogen and oxygen atoms in total. The number of nitrogens with zero attached hydrogens (tertiary/aromatic N) is 3. The van der Waals surface area contributed by atoms with Crippen molar-refractivity contribution in [2.45, 2.75) is 13.5 Å². The van der Waals surface area contributed by atoms with Gasteiger partial charge in [0.05, 0.1) is 30.6 Å². The lowest BCUT2D eigenvalue weighted by Crippen LogP contribution is -2.25. The van der Waals surface area contributed by atoms with E-state index < -0.39 is 5.91 Å². The van der Waals surface area contributed by atoms with E-state index in [1.807, 2.05) is 12.1 Å². The van der Waals surface area contributed by atoms with Crippen LogP contribution in [-0.2, 0) is 16.1 Å². The number of pyridine rings is 1. The molecule has 0 saturated heterocycles. The number of rotatable bonds is 9. The summed E-state index contributed by atoms with van der Waals surface area (Å²) in [4.78, 5) is 16.2. The van der Waals surface area contributed by atoms with Crippen LogP contribution in [0.4, 0.5) is 0 Å². The van der Waals surface area contributed by atoms with Gasteiger partial charge in [-0.25, -0.2) is 10.4 Å². The number of benzene rings is 1. The number of halogens is 1. The Balaban J connectivity index is 2.03. The zero-order valence-electron chi connectivity index (χ0n) is 17.0. The summed E-state index contributed by atoms with van der Waals surface area (Å²) in [5.41, 5.74) is 4.62. The first-order chi connectivity index (χ1) is 14.4. The maximum atomic E-state index is 12.1. The molecule has 0 fully saturated rings. The van der Waals surface area contributed by atoms with Crippen molar-refractivity contribution >= 4 is 34.7 Å². The monoisotopic (exact) mass is 524 g/mol. The Labute approximate surface area is 188 Å². The van der Waals surface area contributed by atoms with Gasteiger partial charge in [-0.05, 0) is 53.3 Å². The number of amides is 1. The second kappa shape index (κ2) is 11.3. The smallest absolute Gasteiger partial charge is 0.278 e. The lowest BCUT2D eigenvalue weighted by Gasteiger charge is -2.11. The molecule has 1 heterocycles. The summed E-state index contributed by atoms with van der Waals surface area (Å²) in [6.45, 7) is 1.66. The highest BCUT2D eigenvalue weighted by molar-refractivity contribution is 14.1. The number of ether oxygens (including phenoxy) is 4. The summed E-state index contributed by atoms with van der Waals surface area (Å²) in [6, 6.07) is 7.35. The second-order valence-corrected chi connectivity index (χ2v) is 7.13. The van der Waals surface area contributed by atoms with Crippen molar-refractivity contribution in [3.8, 4) is 23.4 Å². The van der Waals surface area contributed by atoms with Gasteiger partial charge in [-0.1, -0.05) is 0 Å². The van der Waals surface area contributed by atoms with Crippen molar-refractivity contribution in [2.24, 2.45) is 5.10 Å². The molecule has 158 valence electrons. The SMILES string of the molecule is COCc1cc(C)nc(OCC(=O)N/N=C\c2cc(I)c(OC)c(OC)c2)c1C#N. The van der Waals surface area contributed by atoms with E-state index in [9.17, 15) is 10.1 Å². The van der Waals surface area contributed by atoms with Gasteiger partial charge in [0.1, 0.15) is 11.6 Å². The highest BCUT2D eigenvalue weighted by Crippen LogP contribution is 2.33. The number of nitrogens with one attached hydrogen (secondary N) is 1. The minimum Gasteiger partial charge on any atom is -0.493 e. The van der Waals surface area contributed by atoms with Crippen molar-refractivity contribution in [2.75, 3.05) is 27.9 Å². The molecule has 0 atom stereocenters. The Morgan fingerprint density at radius 1 is 1.30 bits per heavy atom. The number of hydrogen-bond donors (Lipinski definition) is 1. The van der Waals surface area contributed by atoms with Crippen molar-refractivity contribution < 1.29 is 23.7 Å². The van der Waals surface area contributed by atoms with Gasteiger partial charge in [-0.3, -0.25) is 4.79 Å². The maximum Gasteiger partial charge on any atom is 0.278 e. The summed E-state index contributed by atoms with van der Waals surface area (Å²) < 4.78 is 21.9. The molecule has 0 radical (unpaired) electrons. The van der Waals surface area contributed by atoms with Gasteiger partial charge < -0.3 is 18.9 Å². The first kappa shape index (κ1) is 23.4. The van der Waals surface area contributed by atoms with Gasteiger partial charge in [0.25, 0.3) is 5.91 Å². The summed E-state index contributed by atoms with van der Waals surface area (Å²) in [7, 11) is 4.64. The molecule has 0 unspecified atom stereocenters. The number of aromatic nitrogens is 1. The molecule has 0 saturated carbocycles. The fraction of sp³-hybridized carbons (Fsp3) is 0.300. The fourth-order valence-electron chi connectivity index (χ4n) is 2.56. The third-order valence-electron chi connectivity index (χ3n) is 3.81. The molecule has 0 bridgehead atoms. The van der Waals surface area contributed by atoms with E-state index in [2.05, 4.69) is 38.1 Å². The average molecular weight is 524 g/mol. The van der Waals surface area contributed by atoms with Crippen LogP contribution >= 0.6 is 22.6 Å². The van der Waals surface area contributed by atoms with Crippen LogP contribution in [-0.4, -0.2) is 45.0 Å². The van der Waals surface area contributed by atoms with Crippen molar-refractivity contribution in [1.29, 1.82) is 5.26 Å². The fourth-order valence-corrected chi connectivity index (χ4v) is 3.41. The largest absolute Gasteiger partial charge is 0.493 e. The van der Waals surface area contributed by atoms with E-state index in [0.717, 1.165) is 9.13 Å². The highest BCUT2D eigenvalue weighted by Gasteiger charge is 2.14. The van der Waals surface area contributed by atoms with Gasteiger partial charge in [0.2, 0.25) is 5.88 Å². The third-order valence-corrected chi connectivity index (χ3v) is 4.61. The molecule has 2 rings (SSSR count). The van der Waals surface area contributed by atoms with E-state index >= 15 is 0 Å². The Morgan fingerprint density at radius 3 is 2.70 bits per heavy atom. The molecule has 0 aliphatic heterocycles. The molecule has 1 N–H and O–H groups in total. The Bertz CT molecular complexity index is 988. The van der Waals surface area contributed by atoms with Crippen LogP contribution in [0.15, 0.2) is 23.3 Å². The predicted molar refractivity (Wildman–Crippen MR) is 118 cm³/mol. The molecule has 1 amide bonds. The van der Waals surface area contributed by atoms with E-state index in [1.165, 1.54) is 13.3 Å².